The maximum atomic E-state index is 8.80. The van der Waals surface area contributed by atoms with E-state index in [9.17, 15) is 0 Å². The molecule has 0 saturated carbocycles. The molecule has 0 unspecified atom stereocenters. The fourth-order valence-corrected chi connectivity index (χ4v) is 2.07. The summed E-state index contributed by atoms with van der Waals surface area (Å²) < 4.78 is 0. The van der Waals surface area contributed by atoms with Crippen LogP contribution in [0.15, 0.2) is 4.99 Å². The molecule has 0 rings (SSSR count). The molecule has 122 valence electrons. The number of guanidine groups is 1. The van der Waals surface area contributed by atoms with Gasteiger partial charge in [-0.1, -0.05) is 0 Å². The molecule has 0 aromatic carbocycles. The largest absolute Gasteiger partial charge is 0.395 e. The van der Waals surface area contributed by atoms with Gasteiger partial charge in [-0.15, -0.1) is 24.0 Å². The molecule has 0 bridgehead atoms. The first-order chi connectivity index (χ1) is 9.02. The van der Waals surface area contributed by atoms with Crippen molar-refractivity contribution in [1.82, 2.24) is 15.5 Å². The third-order valence-corrected chi connectivity index (χ3v) is 2.92. The molecule has 0 aromatic heterocycles. The second-order valence-electron chi connectivity index (χ2n) is 5.19. The lowest BCUT2D eigenvalue weighted by Gasteiger charge is -2.30. The summed E-state index contributed by atoms with van der Waals surface area (Å²) in [6, 6.07) is 1.15. The van der Waals surface area contributed by atoms with E-state index in [0.717, 1.165) is 32.0 Å². The minimum Gasteiger partial charge on any atom is -0.395 e. The third kappa shape index (κ3) is 10.7. The van der Waals surface area contributed by atoms with Crippen LogP contribution in [0.3, 0.4) is 0 Å². The first-order valence-electron chi connectivity index (χ1n) is 7.41. The van der Waals surface area contributed by atoms with Crippen LogP contribution in [0.2, 0.25) is 0 Å². The molecule has 3 N–H and O–H groups in total. The molecule has 0 atom stereocenters. The predicted molar refractivity (Wildman–Crippen MR) is 98.1 cm³/mol. The van der Waals surface area contributed by atoms with Crippen molar-refractivity contribution >= 4 is 29.9 Å². The summed E-state index contributed by atoms with van der Waals surface area (Å²) in [5.74, 6) is 0.789. The molecule has 0 amide bonds. The van der Waals surface area contributed by atoms with E-state index in [1.54, 1.807) is 0 Å². The van der Waals surface area contributed by atoms with Crippen molar-refractivity contribution in [3.05, 3.63) is 0 Å². The van der Waals surface area contributed by atoms with Gasteiger partial charge < -0.3 is 15.7 Å². The van der Waals surface area contributed by atoms with Gasteiger partial charge in [0, 0.05) is 38.3 Å². The van der Waals surface area contributed by atoms with Gasteiger partial charge in [0.25, 0.3) is 0 Å². The van der Waals surface area contributed by atoms with Crippen molar-refractivity contribution in [3.63, 3.8) is 0 Å². The zero-order chi connectivity index (χ0) is 14.7. The molecule has 0 aliphatic heterocycles. The number of nitrogens with one attached hydrogen (secondary N) is 2. The predicted octanol–water partition coefficient (Wildman–Crippen LogP) is 1.66. The Morgan fingerprint density at radius 1 is 1.15 bits per heavy atom. The van der Waals surface area contributed by atoms with Crippen LogP contribution in [0, 0.1) is 0 Å². The smallest absolute Gasteiger partial charge is 0.191 e. The number of nitrogens with zero attached hydrogens (tertiary/aromatic N) is 2. The molecule has 6 heteroatoms. The van der Waals surface area contributed by atoms with E-state index >= 15 is 0 Å². The van der Waals surface area contributed by atoms with Crippen LogP contribution >= 0.6 is 24.0 Å². The maximum absolute atomic E-state index is 8.80. The average molecular weight is 400 g/mol. The summed E-state index contributed by atoms with van der Waals surface area (Å²) in [5, 5.41) is 15.0. The SMILES string of the molecule is CCNC(=NCCCN(C(C)C)C(C)C)NCCO.I. The molecule has 0 aromatic rings. The highest BCUT2D eigenvalue weighted by atomic mass is 127. The summed E-state index contributed by atoms with van der Waals surface area (Å²) in [4.78, 5) is 6.97. The number of rotatable bonds is 9. The summed E-state index contributed by atoms with van der Waals surface area (Å²) in [7, 11) is 0. The number of hydrogen-bond donors (Lipinski definition) is 3. The van der Waals surface area contributed by atoms with E-state index in [-0.39, 0.29) is 30.6 Å². The number of hydrogen-bond acceptors (Lipinski definition) is 3. The van der Waals surface area contributed by atoms with Gasteiger partial charge in [0.15, 0.2) is 5.96 Å². The standard InChI is InChI=1S/C14H32N4O.HI/c1-6-15-14(17-9-11-19)16-8-7-10-18(12(2)3)13(4)5;/h12-13,19H,6-11H2,1-5H3,(H2,15,16,17);1H. The van der Waals surface area contributed by atoms with Gasteiger partial charge in [0.05, 0.1) is 6.61 Å². The molecule has 0 radical (unpaired) electrons. The van der Waals surface area contributed by atoms with Crippen LogP contribution in [0.4, 0.5) is 0 Å². The normalized spacial score (nSPS) is 11.9. The van der Waals surface area contributed by atoms with Gasteiger partial charge in [0.2, 0.25) is 0 Å². The highest BCUT2D eigenvalue weighted by Crippen LogP contribution is 2.05. The Balaban J connectivity index is 0. The van der Waals surface area contributed by atoms with Crippen molar-refractivity contribution in [2.45, 2.75) is 53.1 Å². The lowest BCUT2D eigenvalue weighted by molar-refractivity contribution is 0.174. The van der Waals surface area contributed by atoms with Crippen LogP contribution in [0.1, 0.15) is 41.0 Å². The zero-order valence-corrected chi connectivity index (χ0v) is 16.0. The lowest BCUT2D eigenvalue weighted by atomic mass is 10.2. The third-order valence-electron chi connectivity index (χ3n) is 2.92. The van der Waals surface area contributed by atoms with E-state index in [2.05, 4.69) is 48.2 Å². The molecular weight excluding hydrogens is 367 g/mol. The Morgan fingerprint density at radius 2 is 1.75 bits per heavy atom. The van der Waals surface area contributed by atoms with Crippen LogP contribution in [0.5, 0.6) is 0 Å². The second-order valence-corrected chi connectivity index (χ2v) is 5.19. The van der Waals surface area contributed by atoms with Gasteiger partial charge in [-0.3, -0.25) is 9.89 Å². The van der Waals surface area contributed by atoms with E-state index in [1.807, 2.05) is 6.92 Å². The molecule has 0 fully saturated rings. The Bertz CT molecular complexity index is 239. The molecule has 0 aliphatic carbocycles. The molecule has 0 aliphatic rings. The van der Waals surface area contributed by atoms with Crippen molar-refractivity contribution < 1.29 is 5.11 Å². The van der Waals surface area contributed by atoms with Gasteiger partial charge in [-0.2, -0.15) is 0 Å². The summed E-state index contributed by atoms with van der Waals surface area (Å²) >= 11 is 0. The van der Waals surface area contributed by atoms with Crippen LogP contribution < -0.4 is 10.6 Å². The second kappa shape index (κ2) is 13.9. The van der Waals surface area contributed by atoms with Crippen LogP contribution in [-0.4, -0.2) is 60.8 Å². The van der Waals surface area contributed by atoms with Gasteiger partial charge in [0.1, 0.15) is 0 Å². The van der Waals surface area contributed by atoms with Gasteiger partial charge in [-0.25, -0.2) is 0 Å². The Kier molecular flexibility index (Phi) is 15.4. The molecule has 0 spiro atoms. The van der Waals surface area contributed by atoms with Crippen LogP contribution in [0.25, 0.3) is 0 Å². The number of halogens is 1. The summed E-state index contributed by atoms with van der Waals surface area (Å²) in [6.45, 7) is 14.3. The molecule has 20 heavy (non-hydrogen) atoms. The Hall–Kier alpha value is -0.0800. The van der Waals surface area contributed by atoms with Crippen LogP contribution in [-0.2, 0) is 0 Å². The van der Waals surface area contributed by atoms with Crippen molar-refractivity contribution in [2.75, 3.05) is 32.8 Å². The Labute approximate surface area is 141 Å². The van der Waals surface area contributed by atoms with Crippen molar-refractivity contribution in [3.8, 4) is 0 Å². The van der Waals surface area contributed by atoms with E-state index in [4.69, 9.17) is 5.11 Å². The zero-order valence-electron chi connectivity index (χ0n) is 13.6. The van der Waals surface area contributed by atoms with E-state index < -0.39 is 0 Å². The van der Waals surface area contributed by atoms with Crippen molar-refractivity contribution in [1.29, 1.82) is 0 Å². The molecule has 0 heterocycles. The molecule has 0 saturated heterocycles. The summed E-state index contributed by atoms with van der Waals surface area (Å²) in [6.07, 6.45) is 1.05. The van der Waals surface area contributed by atoms with E-state index in [1.165, 1.54) is 0 Å². The average Bonchev–Trinajstić information content (AvgIpc) is 2.34. The quantitative estimate of drug-likeness (QED) is 0.239. The topological polar surface area (TPSA) is 59.9 Å². The number of aliphatic hydroxyl groups excluding tert-OH is 1. The number of aliphatic imine (C=N–C) groups is 1. The monoisotopic (exact) mass is 400 g/mol. The number of aliphatic hydroxyl groups is 1. The van der Waals surface area contributed by atoms with Gasteiger partial charge in [-0.05, 0) is 41.0 Å². The fraction of sp³-hybridized carbons (Fsp3) is 0.929. The van der Waals surface area contributed by atoms with E-state index in [0.29, 0.717) is 18.6 Å². The van der Waals surface area contributed by atoms with Gasteiger partial charge >= 0.3 is 0 Å². The minimum atomic E-state index is 0. The minimum absolute atomic E-state index is 0. The van der Waals surface area contributed by atoms with Crippen molar-refractivity contribution in [2.24, 2.45) is 4.99 Å². The summed E-state index contributed by atoms with van der Waals surface area (Å²) in [5.41, 5.74) is 0. The lowest BCUT2D eigenvalue weighted by Crippen LogP contribution is -2.39. The first-order valence-corrected chi connectivity index (χ1v) is 7.41. The molecular formula is C14H33IN4O. The first kappa shape index (κ1) is 22.2. The fourth-order valence-electron chi connectivity index (χ4n) is 2.07. The maximum Gasteiger partial charge on any atom is 0.191 e. The highest BCUT2D eigenvalue weighted by Gasteiger charge is 2.11. The Morgan fingerprint density at radius 3 is 2.20 bits per heavy atom. The molecule has 5 nitrogen and oxygen atoms in total. The highest BCUT2D eigenvalue weighted by molar-refractivity contribution is 14.0.